The van der Waals surface area contributed by atoms with Gasteiger partial charge in [0.1, 0.15) is 0 Å². The first-order valence-electron chi connectivity index (χ1n) is 6.05. The third kappa shape index (κ3) is 2.89. The lowest BCUT2D eigenvalue weighted by molar-refractivity contribution is 1.17. The summed E-state index contributed by atoms with van der Waals surface area (Å²) < 4.78 is 0. The molecule has 19 heavy (non-hydrogen) atoms. The fraction of sp³-hybridized carbons (Fsp3) is 0.188. The molecule has 2 aromatic rings. The Morgan fingerprint density at radius 1 is 1.21 bits per heavy atom. The van der Waals surface area contributed by atoms with Gasteiger partial charge in [-0.15, -0.1) is 11.6 Å². The van der Waals surface area contributed by atoms with E-state index in [1.807, 2.05) is 31.3 Å². The molecule has 2 nitrogen and oxygen atoms in total. The summed E-state index contributed by atoms with van der Waals surface area (Å²) in [5, 5.41) is 8.95. The summed E-state index contributed by atoms with van der Waals surface area (Å²) in [6.07, 6.45) is 0. The average molecular weight is 271 g/mol. The van der Waals surface area contributed by atoms with Gasteiger partial charge in [0.25, 0.3) is 0 Å². The lowest BCUT2D eigenvalue weighted by Gasteiger charge is -2.22. The van der Waals surface area contributed by atoms with Crippen molar-refractivity contribution in [1.82, 2.24) is 0 Å². The van der Waals surface area contributed by atoms with E-state index in [2.05, 4.69) is 30.0 Å². The molecule has 2 aromatic carbocycles. The summed E-state index contributed by atoms with van der Waals surface area (Å²) in [5.41, 5.74) is 5.06. The summed E-state index contributed by atoms with van der Waals surface area (Å²) in [4.78, 5) is 2.08. The van der Waals surface area contributed by atoms with Crippen LogP contribution in [0.3, 0.4) is 0 Å². The van der Waals surface area contributed by atoms with Gasteiger partial charge in [-0.1, -0.05) is 18.2 Å². The van der Waals surface area contributed by atoms with Gasteiger partial charge in [0.2, 0.25) is 0 Å². The van der Waals surface area contributed by atoms with Crippen LogP contribution >= 0.6 is 11.6 Å². The number of rotatable bonds is 3. The minimum absolute atomic E-state index is 0.523. The van der Waals surface area contributed by atoms with E-state index in [-0.39, 0.29) is 0 Å². The number of alkyl halides is 1. The van der Waals surface area contributed by atoms with Crippen LogP contribution < -0.4 is 4.90 Å². The summed E-state index contributed by atoms with van der Waals surface area (Å²) in [6.45, 7) is 2.07. The minimum atomic E-state index is 0.523. The maximum atomic E-state index is 8.95. The van der Waals surface area contributed by atoms with Crippen molar-refractivity contribution in [2.45, 2.75) is 12.8 Å². The van der Waals surface area contributed by atoms with Crippen molar-refractivity contribution >= 4 is 23.0 Å². The Balaban J connectivity index is 2.38. The Morgan fingerprint density at radius 3 is 2.63 bits per heavy atom. The Labute approximate surface area is 118 Å². The third-order valence-corrected chi connectivity index (χ3v) is 3.45. The van der Waals surface area contributed by atoms with Gasteiger partial charge in [0.15, 0.2) is 0 Å². The van der Waals surface area contributed by atoms with Crippen molar-refractivity contribution in [1.29, 1.82) is 5.26 Å². The number of hydrogen-bond acceptors (Lipinski definition) is 2. The smallest absolute Gasteiger partial charge is 0.0992 e. The minimum Gasteiger partial charge on any atom is -0.344 e. The zero-order valence-corrected chi connectivity index (χ0v) is 11.8. The van der Waals surface area contributed by atoms with E-state index in [9.17, 15) is 0 Å². The van der Waals surface area contributed by atoms with Crippen molar-refractivity contribution < 1.29 is 0 Å². The number of nitriles is 1. The van der Waals surface area contributed by atoms with Gasteiger partial charge in [0.05, 0.1) is 11.6 Å². The van der Waals surface area contributed by atoms with Gasteiger partial charge in [-0.2, -0.15) is 5.26 Å². The number of aryl methyl sites for hydroxylation is 1. The topological polar surface area (TPSA) is 27.0 Å². The van der Waals surface area contributed by atoms with E-state index < -0.39 is 0 Å². The van der Waals surface area contributed by atoms with Gasteiger partial charge in [-0.05, 0) is 42.3 Å². The van der Waals surface area contributed by atoms with Crippen LogP contribution in [0.25, 0.3) is 0 Å². The molecule has 3 heteroatoms. The van der Waals surface area contributed by atoms with E-state index in [0.29, 0.717) is 11.4 Å². The van der Waals surface area contributed by atoms with Gasteiger partial charge in [-0.3, -0.25) is 0 Å². The van der Waals surface area contributed by atoms with Crippen LogP contribution in [-0.2, 0) is 5.88 Å². The highest BCUT2D eigenvalue weighted by atomic mass is 35.5. The summed E-state index contributed by atoms with van der Waals surface area (Å²) in [7, 11) is 2.00. The number of hydrogen-bond donors (Lipinski definition) is 0. The molecular weight excluding hydrogens is 256 g/mol. The fourth-order valence-electron chi connectivity index (χ4n) is 2.10. The lowest BCUT2D eigenvalue weighted by Crippen LogP contribution is -2.11. The largest absolute Gasteiger partial charge is 0.344 e. The molecule has 0 spiro atoms. The zero-order valence-electron chi connectivity index (χ0n) is 11.0. The average Bonchev–Trinajstić information content (AvgIpc) is 2.46. The molecular formula is C16H15ClN2. The van der Waals surface area contributed by atoms with Gasteiger partial charge in [-0.25, -0.2) is 0 Å². The first kappa shape index (κ1) is 13.5. The standard InChI is InChI=1S/C16H15ClN2/c1-12-8-13(10-17)6-7-16(12)19(2)15-5-3-4-14(9-15)11-18/h3-9H,10H2,1-2H3. The normalized spacial score (nSPS) is 10.0. The van der Waals surface area contributed by atoms with Crippen LogP contribution in [0.15, 0.2) is 42.5 Å². The van der Waals surface area contributed by atoms with E-state index in [0.717, 1.165) is 16.9 Å². The van der Waals surface area contributed by atoms with Gasteiger partial charge >= 0.3 is 0 Å². The molecule has 0 amide bonds. The second kappa shape index (κ2) is 5.77. The maximum absolute atomic E-state index is 8.95. The summed E-state index contributed by atoms with van der Waals surface area (Å²) in [5.74, 6) is 0.523. The third-order valence-electron chi connectivity index (χ3n) is 3.14. The molecule has 0 unspecified atom stereocenters. The van der Waals surface area contributed by atoms with Gasteiger partial charge < -0.3 is 4.90 Å². The highest BCUT2D eigenvalue weighted by Gasteiger charge is 2.08. The first-order chi connectivity index (χ1) is 9.15. The van der Waals surface area contributed by atoms with Crippen LogP contribution in [0, 0.1) is 18.3 Å². The monoisotopic (exact) mass is 270 g/mol. The summed E-state index contributed by atoms with van der Waals surface area (Å²) >= 11 is 5.84. The predicted molar refractivity (Wildman–Crippen MR) is 80.0 cm³/mol. The van der Waals surface area contributed by atoms with E-state index in [4.69, 9.17) is 16.9 Å². The Bertz CT molecular complexity index is 629. The van der Waals surface area contributed by atoms with Crippen LogP contribution in [0.4, 0.5) is 11.4 Å². The highest BCUT2D eigenvalue weighted by Crippen LogP contribution is 2.28. The van der Waals surface area contributed by atoms with Crippen LogP contribution in [-0.4, -0.2) is 7.05 Å². The molecule has 0 heterocycles. The van der Waals surface area contributed by atoms with Crippen LogP contribution in [0.5, 0.6) is 0 Å². The van der Waals surface area contributed by atoms with Crippen LogP contribution in [0.1, 0.15) is 16.7 Å². The lowest BCUT2D eigenvalue weighted by atomic mass is 10.1. The van der Waals surface area contributed by atoms with Crippen LogP contribution in [0.2, 0.25) is 0 Å². The molecule has 0 aromatic heterocycles. The van der Waals surface area contributed by atoms with Gasteiger partial charge in [0, 0.05) is 24.3 Å². The molecule has 0 radical (unpaired) electrons. The van der Waals surface area contributed by atoms with E-state index >= 15 is 0 Å². The molecule has 0 atom stereocenters. The molecule has 0 saturated heterocycles. The number of anilines is 2. The van der Waals surface area contributed by atoms with Crippen molar-refractivity contribution in [3.05, 3.63) is 59.2 Å². The molecule has 2 rings (SSSR count). The Kier molecular flexibility index (Phi) is 4.09. The Morgan fingerprint density at radius 2 is 2.00 bits per heavy atom. The predicted octanol–water partition coefficient (Wildman–Crippen LogP) is 4.37. The summed E-state index contributed by atoms with van der Waals surface area (Å²) in [6, 6.07) is 15.9. The molecule has 0 N–H and O–H groups in total. The first-order valence-corrected chi connectivity index (χ1v) is 6.58. The van der Waals surface area contributed by atoms with Crippen molar-refractivity contribution in [2.75, 3.05) is 11.9 Å². The SMILES string of the molecule is Cc1cc(CCl)ccc1N(C)c1cccc(C#N)c1. The number of halogens is 1. The van der Waals surface area contributed by atoms with E-state index in [1.54, 1.807) is 6.07 Å². The number of nitrogens with zero attached hydrogens (tertiary/aromatic N) is 2. The van der Waals surface area contributed by atoms with Crippen molar-refractivity contribution in [3.63, 3.8) is 0 Å². The maximum Gasteiger partial charge on any atom is 0.0992 e. The van der Waals surface area contributed by atoms with E-state index in [1.165, 1.54) is 5.56 Å². The number of benzene rings is 2. The second-order valence-electron chi connectivity index (χ2n) is 4.48. The Hall–Kier alpha value is -1.98. The quantitative estimate of drug-likeness (QED) is 0.774. The fourth-order valence-corrected chi connectivity index (χ4v) is 2.27. The molecule has 0 aliphatic heterocycles. The zero-order chi connectivity index (χ0) is 13.8. The molecule has 0 bridgehead atoms. The second-order valence-corrected chi connectivity index (χ2v) is 4.74. The molecule has 0 fully saturated rings. The van der Waals surface area contributed by atoms with Crippen molar-refractivity contribution in [3.8, 4) is 6.07 Å². The molecule has 0 aliphatic carbocycles. The molecule has 96 valence electrons. The van der Waals surface area contributed by atoms with Crippen molar-refractivity contribution in [2.24, 2.45) is 0 Å². The molecule has 0 aliphatic rings. The highest BCUT2D eigenvalue weighted by molar-refractivity contribution is 6.17. The molecule has 0 saturated carbocycles.